The van der Waals surface area contributed by atoms with Crippen LogP contribution in [0.25, 0.3) is 16.6 Å². The van der Waals surface area contributed by atoms with Gasteiger partial charge in [0.2, 0.25) is 5.91 Å². The van der Waals surface area contributed by atoms with Crippen LogP contribution in [0.1, 0.15) is 47.5 Å². The number of para-hydroxylation sites is 1. The Labute approximate surface area is 193 Å². The standard InChI is InChI=1S/C26H29N5O2/c1-7-21(25(32)27-23-16(3)13-15(2)14-17(23)4)31-26(33)24-22(18(5)28-31)19(6)30(29-24)20-11-9-8-10-12-20/h8-14,21H,7H2,1-6H3,(H,27,32)/t21-/m0/s1. The van der Waals surface area contributed by atoms with Gasteiger partial charge in [0.15, 0.2) is 5.52 Å². The van der Waals surface area contributed by atoms with Gasteiger partial charge in [-0.05, 0) is 64.3 Å². The number of rotatable bonds is 5. The van der Waals surface area contributed by atoms with E-state index < -0.39 is 6.04 Å². The van der Waals surface area contributed by atoms with E-state index in [0.717, 1.165) is 39.1 Å². The average molecular weight is 444 g/mol. The SMILES string of the molecule is CC[C@@H](C(=O)Nc1c(C)cc(C)cc1C)n1nc(C)c2c(C)n(-c3ccccc3)nc2c1=O. The minimum atomic E-state index is -0.747. The summed E-state index contributed by atoms with van der Waals surface area (Å²) in [4.78, 5) is 26.7. The Balaban J connectivity index is 1.79. The topological polar surface area (TPSA) is 81.8 Å². The van der Waals surface area contributed by atoms with E-state index in [1.165, 1.54) is 4.68 Å². The van der Waals surface area contributed by atoms with Gasteiger partial charge in [0.25, 0.3) is 5.56 Å². The molecule has 2 heterocycles. The second-order valence-corrected chi connectivity index (χ2v) is 8.58. The van der Waals surface area contributed by atoms with Crippen molar-refractivity contribution in [3.63, 3.8) is 0 Å². The van der Waals surface area contributed by atoms with Crippen molar-refractivity contribution in [1.29, 1.82) is 0 Å². The lowest BCUT2D eigenvalue weighted by molar-refractivity contribution is -0.119. The summed E-state index contributed by atoms with van der Waals surface area (Å²) in [6.07, 6.45) is 0.423. The molecule has 33 heavy (non-hydrogen) atoms. The first-order valence-corrected chi connectivity index (χ1v) is 11.2. The van der Waals surface area contributed by atoms with Gasteiger partial charge in [-0.25, -0.2) is 9.36 Å². The number of fused-ring (bicyclic) bond motifs is 1. The molecule has 1 atom stereocenters. The number of anilines is 1. The molecule has 0 saturated carbocycles. The van der Waals surface area contributed by atoms with Crippen LogP contribution < -0.4 is 10.9 Å². The lowest BCUT2D eigenvalue weighted by Gasteiger charge is -2.19. The number of hydrogen-bond donors (Lipinski definition) is 1. The van der Waals surface area contributed by atoms with Gasteiger partial charge in [-0.3, -0.25) is 9.59 Å². The van der Waals surface area contributed by atoms with Crippen molar-refractivity contribution >= 4 is 22.5 Å². The van der Waals surface area contributed by atoms with Crippen LogP contribution in [-0.2, 0) is 4.79 Å². The number of carbonyl (C=O) groups is 1. The zero-order valence-corrected chi connectivity index (χ0v) is 19.9. The summed E-state index contributed by atoms with van der Waals surface area (Å²) in [7, 11) is 0. The van der Waals surface area contributed by atoms with Gasteiger partial charge in [-0.15, -0.1) is 0 Å². The Kier molecular flexibility index (Phi) is 5.89. The molecular weight excluding hydrogens is 414 g/mol. The Hall–Kier alpha value is -3.74. The van der Waals surface area contributed by atoms with Gasteiger partial charge < -0.3 is 5.32 Å². The lowest BCUT2D eigenvalue weighted by atomic mass is 10.0. The fraction of sp³-hybridized carbons (Fsp3) is 0.308. The molecule has 0 bridgehead atoms. The van der Waals surface area contributed by atoms with Crippen molar-refractivity contribution in [1.82, 2.24) is 19.6 Å². The van der Waals surface area contributed by atoms with Gasteiger partial charge >= 0.3 is 0 Å². The molecule has 0 aliphatic carbocycles. The van der Waals surface area contributed by atoms with Crippen molar-refractivity contribution < 1.29 is 4.79 Å². The molecule has 7 heteroatoms. The number of aromatic nitrogens is 4. The Bertz CT molecular complexity index is 1390. The van der Waals surface area contributed by atoms with E-state index in [4.69, 9.17) is 0 Å². The zero-order chi connectivity index (χ0) is 23.9. The molecule has 170 valence electrons. The molecule has 0 spiro atoms. The van der Waals surface area contributed by atoms with Crippen LogP contribution in [0.15, 0.2) is 47.3 Å². The highest BCUT2D eigenvalue weighted by atomic mass is 16.2. The zero-order valence-electron chi connectivity index (χ0n) is 19.9. The minimum absolute atomic E-state index is 0.264. The summed E-state index contributed by atoms with van der Waals surface area (Å²) in [6.45, 7) is 11.6. The molecule has 7 nitrogen and oxygen atoms in total. The van der Waals surface area contributed by atoms with E-state index >= 15 is 0 Å². The van der Waals surface area contributed by atoms with Crippen molar-refractivity contribution in [2.24, 2.45) is 0 Å². The highest BCUT2D eigenvalue weighted by molar-refractivity contribution is 5.95. The Morgan fingerprint density at radius 1 is 1.00 bits per heavy atom. The molecule has 1 N–H and O–H groups in total. The normalized spacial score (nSPS) is 12.2. The number of nitrogens with zero attached hydrogens (tertiary/aromatic N) is 4. The van der Waals surface area contributed by atoms with Crippen molar-refractivity contribution in [3.05, 3.63) is 80.9 Å². The molecule has 2 aromatic heterocycles. The highest BCUT2D eigenvalue weighted by Gasteiger charge is 2.26. The van der Waals surface area contributed by atoms with Crippen LogP contribution in [-0.4, -0.2) is 25.5 Å². The van der Waals surface area contributed by atoms with Crippen molar-refractivity contribution in [2.45, 2.75) is 54.0 Å². The van der Waals surface area contributed by atoms with Gasteiger partial charge in [0.1, 0.15) is 6.04 Å². The summed E-state index contributed by atoms with van der Waals surface area (Å²) < 4.78 is 3.04. The first kappa shape index (κ1) is 22.5. The molecule has 0 radical (unpaired) electrons. The number of benzene rings is 2. The van der Waals surface area contributed by atoms with Crippen LogP contribution in [0, 0.1) is 34.6 Å². The maximum absolute atomic E-state index is 13.5. The molecule has 4 rings (SSSR count). The maximum atomic E-state index is 13.5. The van der Waals surface area contributed by atoms with Crippen LogP contribution in [0.4, 0.5) is 5.69 Å². The van der Waals surface area contributed by atoms with Gasteiger partial charge in [-0.2, -0.15) is 10.2 Å². The van der Waals surface area contributed by atoms with Gasteiger partial charge in [0.05, 0.1) is 22.5 Å². The fourth-order valence-corrected chi connectivity index (χ4v) is 4.54. The van der Waals surface area contributed by atoms with Crippen LogP contribution in [0.3, 0.4) is 0 Å². The number of hydrogen-bond acceptors (Lipinski definition) is 4. The predicted octanol–water partition coefficient (Wildman–Crippen LogP) is 4.71. The molecular formula is C26H29N5O2. The van der Waals surface area contributed by atoms with E-state index in [0.29, 0.717) is 17.6 Å². The monoisotopic (exact) mass is 443 g/mol. The largest absolute Gasteiger partial charge is 0.324 e. The summed E-state index contributed by atoms with van der Waals surface area (Å²) in [5.41, 5.74) is 6.21. The van der Waals surface area contributed by atoms with E-state index in [9.17, 15) is 9.59 Å². The smallest absolute Gasteiger partial charge is 0.295 e. The van der Waals surface area contributed by atoms with Gasteiger partial charge in [-0.1, -0.05) is 42.8 Å². The lowest BCUT2D eigenvalue weighted by Crippen LogP contribution is -2.35. The van der Waals surface area contributed by atoms with E-state index in [1.807, 2.05) is 84.0 Å². The Morgan fingerprint density at radius 3 is 2.24 bits per heavy atom. The van der Waals surface area contributed by atoms with E-state index in [1.54, 1.807) is 4.68 Å². The predicted molar refractivity (Wildman–Crippen MR) is 131 cm³/mol. The van der Waals surface area contributed by atoms with E-state index in [-0.39, 0.29) is 11.5 Å². The Morgan fingerprint density at radius 2 is 1.64 bits per heavy atom. The second-order valence-electron chi connectivity index (χ2n) is 8.58. The third kappa shape index (κ3) is 3.95. The summed E-state index contributed by atoms with van der Waals surface area (Å²) in [6, 6.07) is 13.0. The van der Waals surface area contributed by atoms with Crippen LogP contribution >= 0.6 is 0 Å². The summed E-state index contributed by atoms with van der Waals surface area (Å²) >= 11 is 0. The molecule has 4 aromatic rings. The third-order valence-electron chi connectivity index (χ3n) is 6.06. The first-order valence-electron chi connectivity index (χ1n) is 11.2. The number of nitrogens with one attached hydrogen (secondary N) is 1. The number of amides is 1. The van der Waals surface area contributed by atoms with Crippen molar-refractivity contribution in [2.75, 3.05) is 5.32 Å². The third-order valence-corrected chi connectivity index (χ3v) is 6.06. The highest BCUT2D eigenvalue weighted by Crippen LogP contribution is 2.25. The molecule has 1 amide bonds. The molecule has 0 saturated heterocycles. The molecule has 0 aliphatic rings. The van der Waals surface area contributed by atoms with Crippen molar-refractivity contribution in [3.8, 4) is 5.69 Å². The maximum Gasteiger partial charge on any atom is 0.295 e. The second kappa shape index (κ2) is 8.65. The fourth-order valence-electron chi connectivity index (χ4n) is 4.54. The number of aryl methyl sites for hydroxylation is 5. The van der Waals surface area contributed by atoms with E-state index in [2.05, 4.69) is 15.5 Å². The number of carbonyl (C=O) groups excluding carboxylic acids is 1. The molecule has 2 aromatic carbocycles. The van der Waals surface area contributed by atoms with Crippen LogP contribution in [0.2, 0.25) is 0 Å². The van der Waals surface area contributed by atoms with Crippen LogP contribution in [0.5, 0.6) is 0 Å². The minimum Gasteiger partial charge on any atom is -0.324 e. The molecule has 0 fully saturated rings. The molecule has 0 aliphatic heterocycles. The molecule has 0 unspecified atom stereocenters. The van der Waals surface area contributed by atoms with Gasteiger partial charge in [0, 0.05) is 5.69 Å². The quantitative estimate of drug-likeness (QED) is 0.484. The first-order chi connectivity index (χ1) is 15.7. The average Bonchev–Trinajstić information content (AvgIpc) is 3.13. The summed E-state index contributed by atoms with van der Waals surface area (Å²) in [5, 5.41) is 12.9. The summed E-state index contributed by atoms with van der Waals surface area (Å²) in [5.74, 6) is -0.264.